The van der Waals surface area contributed by atoms with Crippen molar-refractivity contribution >= 4 is 17.0 Å². The van der Waals surface area contributed by atoms with Gasteiger partial charge in [-0.3, -0.25) is 4.57 Å². The lowest BCUT2D eigenvalue weighted by Crippen LogP contribution is -2.18. The Morgan fingerprint density at radius 1 is 1.48 bits per heavy atom. The molecule has 0 radical (unpaired) electrons. The highest BCUT2D eigenvalue weighted by molar-refractivity contribution is 5.81. The van der Waals surface area contributed by atoms with Crippen LogP contribution in [0.5, 0.6) is 6.01 Å². The van der Waals surface area contributed by atoms with Gasteiger partial charge >= 0.3 is 11.7 Å². The van der Waals surface area contributed by atoms with E-state index < -0.39 is 0 Å². The number of rotatable bonds is 8. The van der Waals surface area contributed by atoms with E-state index in [1.807, 2.05) is 6.92 Å². The van der Waals surface area contributed by atoms with E-state index in [4.69, 9.17) is 15.2 Å². The maximum Gasteiger partial charge on any atom is 0.327 e. The summed E-state index contributed by atoms with van der Waals surface area (Å²) < 4.78 is 12.8. The van der Waals surface area contributed by atoms with Crippen molar-refractivity contribution in [1.29, 1.82) is 0 Å². The molecule has 3 N–H and O–H groups in total. The summed E-state index contributed by atoms with van der Waals surface area (Å²) >= 11 is 0. The molecule has 0 spiro atoms. The fourth-order valence-corrected chi connectivity index (χ4v) is 3.29. The fourth-order valence-electron chi connectivity index (χ4n) is 3.29. The third kappa shape index (κ3) is 4.12. The molecule has 2 atom stereocenters. The molecule has 3 heterocycles. The molecule has 0 aliphatic carbocycles. The Morgan fingerprint density at radius 3 is 3.04 bits per heavy atom. The molecule has 0 amide bonds. The zero-order valence-electron chi connectivity index (χ0n) is 15.0. The first-order chi connectivity index (χ1) is 12.1. The van der Waals surface area contributed by atoms with Crippen LogP contribution in [-0.4, -0.2) is 38.8 Å². The number of H-pyrrole nitrogens is 1. The molecule has 0 saturated carbocycles. The second-order valence-electron chi connectivity index (χ2n) is 6.76. The van der Waals surface area contributed by atoms with Crippen LogP contribution in [0.2, 0.25) is 0 Å². The van der Waals surface area contributed by atoms with E-state index in [0.29, 0.717) is 23.6 Å². The van der Waals surface area contributed by atoms with Crippen LogP contribution in [0.25, 0.3) is 11.2 Å². The first-order valence-corrected chi connectivity index (χ1v) is 9.09. The van der Waals surface area contributed by atoms with Crippen molar-refractivity contribution in [2.24, 2.45) is 5.92 Å². The van der Waals surface area contributed by atoms with Gasteiger partial charge in [-0.1, -0.05) is 13.3 Å². The summed E-state index contributed by atoms with van der Waals surface area (Å²) in [5, 5.41) is 0. The molecule has 1 aliphatic rings. The fraction of sp³-hybridized carbons (Fsp3) is 0.706. The number of aryl methyl sites for hydroxylation is 1. The number of ether oxygens (including phenoxy) is 2. The van der Waals surface area contributed by atoms with Gasteiger partial charge in [-0.15, -0.1) is 0 Å². The summed E-state index contributed by atoms with van der Waals surface area (Å²) in [5.41, 5.74) is 6.76. The molecule has 2 aromatic rings. The zero-order chi connectivity index (χ0) is 17.8. The molecule has 0 bridgehead atoms. The van der Waals surface area contributed by atoms with E-state index in [2.05, 4.69) is 21.9 Å². The highest BCUT2D eigenvalue weighted by Gasteiger charge is 2.18. The summed E-state index contributed by atoms with van der Waals surface area (Å²) in [4.78, 5) is 23.6. The lowest BCUT2D eigenvalue weighted by molar-refractivity contribution is 0.183. The Hall–Kier alpha value is -2.09. The summed E-state index contributed by atoms with van der Waals surface area (Å²) in [6.45, 7) is 6.33. The number of imidazole rings is 1. The minimum atomic E-state index is -0.211. The zero-order valence-corrected chi connectivity index (χ0v) is 15.0. The minimum Gasteiger partial charge on any atom is -0.460 e. The van der Waals surface area contributed by atoms with E-state index >= 15 is 0 Å². The van der Waals surface area contributed by atoms with Crippen molar-refractivity contribution in [3.63, 3.8) is 0 Å². The standard InChI is InChI=1S/C17H27N5O3/c1-3-5-11(2)25-16-20-14(18)13-15(21-16)22(17(23)19-13)8-4-6-12-7-9-24-10-12/h11-12H,3-10H2,1-2H3,(H,19,23)(H2,18,20,21)/t11-,12?/m0/s1. The molecular weight excluding hydrogens is 322 g/mol. The number of anilines is 1. The highest BCUT2D eigenvalue weighted by Crippen LogP contribution is 2.21. The molecule has 8 heteroatoms. The Kier molecular flexibility index (Phi) is 5.57. The first kappa shape index (κ1) is 17.7. The van der Waals surface area contributed by atoms with Gasteiger partial charge in [-0.25, -0.2) is 4.79 Å². The average Bonchev–Trinajstić information content (AvgIpc) is 3.17. The molecule has 8 nitrogen and oxygen atoms in total. The minimum absolute atomic E-state index is 0.00308. The van der Waals surface area contributed by atoms with Crippen LogP contribution >= 0.6 is 0 Å². The largest absolute Gasteiger partial charge is 0.460 e. The van der Waals surface area contributed by atoms with Crippen LogP contribution in [-0.2, 0) is 11.3 Å². The van der Waals surface area contributed by atoms with Crippen LogP contribution in [0.15, 0.2) is 4.79 Å². The number of aromatic amines is 1. The predicted molar refractivity (Wildman–Crippen MR) is 95.7 cm³/mol. The van der Waals surface area contributed by atoms with Crippen LogP contribution < -0.4 is 16.2 Å². The Bertz CT molecular complexity index is 763. The number of nitrogens with zero attached hydrogens (tertiary/aromatic N) is 3. The van der Waals surface area contributed by atoms with Gasteiger partial charge in [0.2, 0.25) is 0 Å². The molecule has 1 saturated heterocycles. The summed E-state index contributed by atoms with van der Waals surface area (Å²) in [7, 11) is 0. The molecular formula is C17H27N5O3. The Balaban J connectivity index is 1.78. The van der Waals surface area contributed by atoms with Crippen molar-refractivity contribution in [3.05, 3.63) is 10.5 Å². The van der Waals surface area contributed by atoms with Gasteiger partial charge in [0, 0.05) is 19.8 Å². The second kappa shape index (κ2) is 7.86. The van der Waals surface area contributed by atoms with E-state index in [1.165, 1.54) is 0 Å². The van der Waals surface area contributed by atoms with Crippen LogP contribution in [0.3, 0.4) is 0 Å². The van der Waals surface area contributed by atoms with Crippen molar-refractivity contribution in [1.82, 2.24) is 19.5 Å². The van der Waals surface area contributed by atoms with Crippen molar-refractivity contribution in [2.45, 2.75) is 58.6 Å². The second-order valence-corrected chi connectivity index (χ2v) is 6.76. The Labute approximate surface area is 146 Å². The van der Waals surface area contributed by atoms with Crippen LogP contribution in [0, 0.1) is 5.92 Å². The number of fused-ring (bicyclic) bond motifs is 1. The Morgan fingerprint density at radius 2 is 2.32 bits per heavy atom. The van der Waals surface area contributed by atoms with Crippen molar-refractivity contribution in [2.75, 3.05) is 18.9 Å². The summed E-state index contributed by atoms with van der Waals surface area (Å²) in [5.74, 6) is 0.832. The molecule has 1 unspecified atom stereocenters. The quantitative estimate of drug-likeness (QED) is 0.755. The molecule has 1 fully saturated rings. The molecule has 0 aromatic carbocycles. The highest BCUT2D eigenvalue weighted by atomic mass is 16.5. The third-order valence-electron chi connectivity index (χ3n) is 4.65. The van der Waals surface area contributed by atoms with Crippen molar-refractivity contribution < 1.29 is 9.47 Å². The number of nitrogens with two attached hydrogens (primary N) is 1. The van der Waals surface area contributed by atoms with Gasteiger partial charge in [-0.05, 0) is 38.5 Å². The smallest absolute Gasteiger partial charge is 0.327 e. The number of hydrogen-bond acceptors (Lipinski definition) is 6. The molecule has 138 valence electrons. The average molecular weight is 349 g/mol. The molecule has 1 aliphatic heterocycles. The third-order valence-corrected chi connectivity index (χ3v) is 4.65. The van der Waals surface area contributed by atoms with Gasteiger partial charge in [-0.2, -0.15) is 9.97 Å². The first-order valence-electron chi connectivity index (χ1n) is 9.09. The maximum atomic E-state index is 12.3. The molecule has 2 aromatic heterocycles. The normalized spacial score (nSPS) is 18.7. The van der Waals surface area contributed by atoms with E-state index in [0.717, 1.165) is 45.3 Å². The number of nitrogen functional groups attached to an aromatic ring is 1. The van der Waals surface area contributed by atoms with Gasteiger partial charge in [0.15, 0.2) is 11.5 Å². The van der Waals surface area contributed by atoms with Crippen LogP contribution in [0.4, 0.5) is 5.82 Å². The number of hydrogen-bond donors (Lipinski definition) is 2. The van der Waals surface area contributed by atoms with Gasteiger partial charge in [0.1, 0.15) is 5.52 Å². The van der Waals surface area contributed by atoms with Gasteiger partial charge < -0.3 is 20.2 Å². The van der Waals surface area contributed by atoms with E-state index in [1.54, 1.807) is 4.57 Å². The van der Waals surface area contributed by atoms with Crippen molar-refractivity contribution in [3.8, 4) is 6.01 Å². The lowest BCUT2D eigenvalue weighted by Gasteiger charge is -2.12. The van der Waals surface area contributed by atoms with E-state index in [9.17, 15) is 4.79 Å². The monoisotopic (exact) mass is 349 g/mol. The summed E-state index contributed by atoms with van der Waals surface area (Å²) in [6.07, 6.45) is 4.96. The van der Waals surface area contributed by atoms with Gasteiger partial charge in [0.25, 0.3) is 0 Å². The summed E-state index contributed by atoms with van der Waals surface area (Å²) in [6, 6.07) is 0.225. The predicted octanol–water partition coefficient (Wildman–Crippen LogP) is 2.09. The van der Waals surface area contributed by atoms with E-state index in [-0.39, 0.29) is 23.6 Å². The van der Waals surface area contributed by atoms with Gasteiger partial charge in [0.05, 0.1) is 6.10 Å². The topological polar surface area (TPSA) is 108 Å². The SMILES string of the molecule is CCC[C@H](C)Oc1nc(N)c2[nH]c(=O)n(CCCC3CCOC3)c2n1. The lowest BCUT2D eigenvalue weighted by atomic mass is 10.0. The molecule has 3 rings (SSSR count). The number of aromatic nitrogens is 4. The maximum absolute atomic E-state index is 12.3. The van der Waals surface area contributed by atoms with Crippen LogP contribution in [0.1, 0.15) is 46.0 Å². The number of nitrogens with one attached hydrogen (secondary N) is 1. The molecule has 25 heavy (non-hydrogen) atoms.